The van der Waals surface area contributed by atoms with Crippen molar-refractivity contribution in [2.24, 2.45) is 5.73 Å². The molecule has 0 unspecified atom stereocenters. The Morgan fingerprint density at radius 1 is 1.21 bits per heavy atom. The summed E-state index contributed by atoms with van der Waals surface area (Å²) >= 11 is 0. The Morgan fingerprint density at radius 2 is 1.94 bits per heavy atom. The number of halogens is 2. The van der Waals surface area contributed by atoms with Crippen LogP contribution < -0.4 is 11.1 Å². The van der Waals surface area contributed by atoms with Gasteiger partial charge in [-0.2, -0.15) is 0 Å². The van der Waals surface area contributed by atoms with E-state index in [1.165, 1.54) is 29.0 Å². The zero-order valence-electron chi connectivity index (χ0n) is 18.3. The Balaban J connectivity index is 1.80. The average molecular weight is 466 g/mol. The summed E-state index contributed by atoms with van der Waals surface area (Å²) in [5, 5.41) is 16.1. The molecular weight excluding hydrogens is 443 g/mol. The van der Waals surface area contributed by atoms with Crippen LogP contribution in [0.25, 0.3) is 16.8 Å². The number of carbonyl (C=O) groups excluding carboxylic acids is 2. The van der Waals surface area contributed by atoms with E-state index in [0.717, 1.165) is 38.2 Å². The van der Waals surface area contributed by atoms with Crippen LogP contribution in [0.2, 0.25) is 0 Å². The molecule has 3 aromatic rings. The summed E-state index contributed by atoms with van der Waals surface area (Å²) < 4.78 is 29.7. The number of nitrogens with one attached hydrogen (secondary N) is 1. The van der Waals surface area contributed by atoms with Gasteiger partial charge < -0.3 is 0 Å². The van der Waals surface area contributed by atoms with Gasteiger partial charge in [0.15, 0.2) is 0 Å². The van der Waals surface area contributed by atoms with E-state index in [9.17, 15) is 23.5 Å². The molecule has 34 heavy (non-hydrogen) atoms. The van der Waals surface area contributed by atoms with Gasteiger partial charge in [-0.15, -0.1) is 0 Å². The van der Waals surface area contributed by atoms with Gasteiger partial charge in [-0.05, 0) is 6.07 Å². The number of aliphatic hydroxyl groups is 1. The Hall–Kier alpha value is -3.63. The number of nitrogens with zero attached hydrogens (tertiary/aromatic N) is 3. The fraction of sp³-hybridized carbons (Fsp3) is 0.348. The summed E-state index contributed by atoms with van der Waals surface area (Å²) in [4.78, 5) is 28.9. The molecule has 2 aromatic heterocycles. The number of amides is 2. The molecule has 1 fully saturated rings. The van der Waals surface area contributed by atoms with E-state index >= 15 is 0 Å². The molecule has 1 atom stereocenters. The molecule has 11 heteroatoms. The van der Waals surface area contributed by atoms with E-state index in [-0.39, 0.29) is 29.1 Å². The van der Waals surface area contributed by atoms with Crippen molar-refractivity contribution in [2.45, 2.75) is 50.5 Å². The SMILES string of the molecule is [B]=C(O)C[C@H](NC(=O)c1cnn2c(C3CCCCC3)c(-c3ccc(F)cc3F)cnc12)C(N)=O. The van der Waals surface area contributed by atoms with Gasteiger partial charge in [0.05, 0.1) is 0 Å². The molecule has 175 valence electrons. The number of hydrogen-bond acceptors (Lipinski definition) is 5. The molecule has 1 aliphatic carbocycles. The molecule has 4 rings (SSSR count). The third-order valence-electron chi connectivity index (χ3n) is 6.08. The fourth-order valence-electron chi connectivity index (χ4n) is 4.46. The van der Waals surface area contributed by atoms with Crippen LogP contribution in [-0.2, 0) is 4.79 Å². The van der Waals surface area contributed by atoms with E-state index in [1.807, 2.05) is 0 Å². The van der Waals surface area contributed by atoms with Crippen LogP contribution in [0, 0.1) is 11.6 Å². The molecule has 0 aliphatic heterocycles. The summed E-state index contributed by atoms with van der Waals surface area (Å²) in [5.41, 5.74) is 6.40. The van der Waals surface area contributed by atoms with Crippen LogP contribution in [0.15, 0.2) is 30.6 Å². The zero-order chi connectivity index (χ0) is 24.4. The van der Waals surface area contributed by atoms with Crippen LogP contribution in [0.4, 0.5) is 8.78 Å². The summed E-state index contributed by atoms with van der Waals surface area (Å²) in [7, 11) is 5.24. The predicted molar refractivity (Wildman–Crippen MR) is 122 cm³/mol. The quantitative estimate of drug-likeness (QED) is 0.462. The molecule has 4 N–H and O–H groups in total. The number of hydrogen-bond donors (Lipinski definition) is 3. The maximum absolute atomic E-state index is 14.7. The number of primary amides is 1. The first-order valence-electron chi connectivity index (χ1n) is 11.0. The van der Waals surface area contributed by atoms with Gasteiger partial charge in [-0.3, -0.25) is 0 Å². The van der Waals surface area contributed by atoms with Crippen molar-refractivity contribution in [3.05, 3.63) is 53.5 Å². The number of aromatic nitrogens is 3. The number of benzene rings is 1. The first kappa shape index (κ1) is 23.5. The van der Waals surface area contributed by atoms with E-state index in [4.69, 9.17) is 13.2 Å². The molecule has 1 aliphatic rings. The molecule has 1 aromatic carbocycles. The standard InChI is InChI=1S/C23H23BF2N5O3/c24-19(32)9-18(21(27)33)30-23(34)16-11-29-31-20(12-4-2-1-3-5-12)15(10-28-22(16)31)14-7-6-13(25)8-17(14)26/h6-8,10-12,18,32H,1-5,9H2,(H2,27,33)(H,30,34)/t18-/m0/s1. The monoisotopic (exact) mass is 466 g/mol. The van der Waals surface area contributed by atoms with Crippen molar-refractivity contribution in [2.75, 3.05) is 0 Å². The first-order valence-corrected chi connectivity index (χ1v) is 11.0. The number of nitrogens with two attached hydrogens (primary N) is 1. The van der Waals surface area contributed by atoms with Gasteiger partial charge in [0.1, 0.15) is 5.82 Å². The van der Waals surface area contributed by atoms with Gasteiger partial charge in [0.25, 0.3) is 0 Å². The van der Waals surface area contributed by atoms with Crippen molar-refractivity contribution >= 4 is 30.6 Å². The van der Waals surface area contributed by atoms with Crippen molar-refractivity contribution in [1.82, 2.24) is 19.9 Å². The van der Waals surface area contributed by atoms with Crippen molar-refractivity contribution in [1.29, 1.82) is 0 Å². The van der Waals surface area contributed by atoms with Crippen molar-refractivity contribution in [3.8, 4) is 11.1 Å². The molecule has 2 heterocycles. The Morgan fingerprint density at radius 3 is 2.59 bits per heavy atom. The van der Waals surface area contributed by atoms with Gasteiger partial charge in [0, 0.05) is 6.07 Å². The zero-order valence-corrected chi connectivity index (χ0v) is 18.3. The number of fused-ring (bicyclic) bond motifs is 1. The Labute approximate surface area is 195 Å². The summed E-state index contributed by atoms with van der Waals surface area (Å²) in [5.74, 6) is -2.91. The predicted octanol–water partition coefficient (Wildman–Crippen LogP) is 2.37. The molecule has 2 amide bonds. The molecule has 1 radical (unpaired) electrons. The summed E-state index contributed by atoms with van der Waals surface area (Å²) in [6, 6.07) is 2.14. The molecule has 0 saturated heterocycles. The molecular formula is C23H23BF2N5O3. The summed E-state index contributed by atoms with van der Waals surface area (Å²) in [6.07, 6.45) is 7.21. The van der Waals surface area contributed by atoms with Gasteiger partial charge in [-0.1, -0.05) is 6.42 Å². The van der Waals surface area contributed by atoms with Crippen molar-refractivity contribution in [3.63, 3.8) is 0 Å². The van der Waals surface area contributed by atoms with Crippen molar-refractivity contribution < 1.29 is 23.5 Å². The first-order chi connectivity index (χ1) is 16.3. The van der Waals surface area contributed by atoms with Crippen LogP contribution in [-0.4, -0.2) is 50.7 Å². The number of carbonyl (C=O) groups is 2. The van der Waals surface area contributed by atoms with Crippen LogP contribution in [0.3, 0.4) is 0 Å². The number of rotatable bonds is 7. The Kier molecular flexibility index (Phi) is 6.71. The average Bonchev–Trinajstić information content (AvgIpc) is 3.22. The van der Waals surface area contributed by atoms with Gasteiger partial charge in [-0.25, -0.2) is 8.78 Å². The molecule has 8 nitrogen and oxygen atoms in total. The van der Waals surface area contributed by atoms with Gasteiger partial charge >= 0.3 is 162 Å². The third kappa shape index (κ3) is 4.68. The second-order valence-corrected chi connectivity index (χ2v) is 8.43. The fourth-order valence-corrected chi connectivity index (χ4v) is 4.46. The maximum atomic E-state index is 14.7. The normalized spacial score (nSPS) is 15.2. The second kappa shape index (κ2) is 9.70. The third-order valence-corrected chi connectivity index (χ3v) is 6.08. The van der Waals surface area contributed by atoms with Crippen LogP contribution >= 0.6 is 0 Å². The number of aliphatic hydroxyl groups excluding tert-OH is 1. The van der Waals surface area contributed by atoms with E-state index in [2.05, 4.69) is 15.4 Å². The van der Waals surface area contributed by atoms with E-state index < -0.39 is 35.1 Å². The van der Waals surface area contributed by atoms with Crippen LogP contribution in [0.1, 0.15) is 60.5 Å². The molecule has 0 spiro atoms. The van der Waals surface area contributed by atoms with E-state index in [0.29, 0.717) is 11.3 Å². The summed E-state index contributed by atoms with van der Waals surface area (Å²) in [6.45, 7) is 0. The Bertz CT molecular complexity index is 1270. The second-order valence-electron chi connectivity index (χ2n) is 8.43. The minimum atomic E-state index is -1.22. The topological polar surface area (TPSA) is 123 Å². The molecule has 0 bridgehead atoms. The molecule has 1 saturated carbocycles. The van der Waals surface area contributed by atoms with Crippen LogP contribution in [0.5, 0.6) is 0 Å². The van der Waals surface area contributed by atoms with Gasteiger partial charge in [0.2, 0.25) is 0 Å². The van der Waals surface area contributed by atoms with E-state index in [1.54, 1.807) is 0 Å². The minimum absolute atomic E-state index is 0.0386.